The number of hydrogen-bond acceptors (Lipinski definition) is 4. The van der Waals surface area contributed by atoms with Crippen LogP contribution in [0.1, 0.15) is 123 Å². The SMILES string of the molecule is CC/C=C\C/C=C\C/C=C\C/C=C\C/C=C\CCCCCCCCOCC(CO)OC(=O)CCCCCC. The highest BCUT2D eigenvalue weighted by molar-refractivity contribution is 5.69. The zero-order valence-corrected chi connectivity index (χ0v) is 24.7. The molecule has 4 nitrogen and oxygen atoms in total. The lowest BCUT2D eigenvalue weighted by Crippen LogP contribution is -2.27. The third kappa shape index (κ3) is 28.7. The predicted octanol–water partition coefficient (Wildman–Crippen LogP) is 9.36. The number of ether oxygens (including phenoxy) is 2. The Kier molecular flexibility index (Phi) is 29.7. The number of esters is 1. The minimum absolute atomic E-state index is 0.182. The molecule has 4 heteroatoms. The van der Waals surface area contributed by atoms with Crippen LogP contribution in [0.15, 0.2) is 60.8 Å². The number of unbranched alkanes of at least 4 members (excludes halogenated alkanes) is 9. The van der Waals surface area contributed by atoms with Crippen molar-refractivity contribution < 1.29 is 19.4 Å². The topological polar surface area (TPSA) is 55.8 Å². The molecule has 0 aliphatic carbocycles. The van der Waals surface area contributed by atoms with Crippen molar-refractivity contribution in [1.82, 2.24) is 0 Å². The standard InChI is InChI=1S/C34H58O4/c1-3-5-7-9-10-11-12-13-14-15-16-17-18-19-20-21-22-23-24-25-26-28-30-37-32-33(31-35)38-34(36)29-27-8-6-4-2/h5,7,10-11,13-14,16-17,19-20,33,35H,3-4,6,8-9,12,15,18,21-32H2,1-2H3/b7-5-,11-10-,14-13-,17-16-,20-19-. The minimum Gasteiger partial charge on any atom is -0.457 e. The first kappa shape index (κ1) is 36.1. The van der Waals surface area contributed by atoms with Gasteiger partial charge in [-0.15, -0.1) is 0 Å². The van der Waals surface area contributed by atoms with Gasteiger partial charge in [0, 0.05) is 13.0 Å². The summed E-state index contributed by atoms with van der Waals surface area (Å²) in [5, 5.41) is 9.40. The van der Waals surface area contributed by atoms with Crippen molar-refractivity contribution in [2.24, 2.45) is 0 Å². The van der Waals surface area contributed by atoms with E-state index in [9.17, 15) is 9.90 Å². The zero-order valence-electron chi connectivity index (χ0n) is 24.7. The molecule has 0 radical (unpaired) electrons. The van der Waals surface area contributed by atoms with E-state index in [2.05, 4.69) is 74.6 Å². The molecule has 1 N–H and O–H groups in total. The molecule has 218 valence electrons. The molecule has 0 aliphatic rings. The van der Waals surface area contributed by atoms with Crippen LogP contribution in [0.25, 0.3) is 0 Å². The van der Waals surface area contributed by atoms with Crippen molar-refractivity contribution in [3.8, 4) is 0 Å². The van der Waals surface area contributed by atoms with Gasteiger partial charge < -0.3 is 14.6 Å². The van der Waals surface area contributed by atoms with Crippen molar-refractivity contribution >= 4 is 5.97 Å². The van der Waals surface area contributed by atoms with Crippen molar-refractivity contribution in [2.45, 2.75) is 129 Å². The van der Waals surface area contributed by atoms with Crippen molar-refractivity contribution in [3.05, 3.63) is 60.8 Å². The van der Waals surface area contributed by atoms with Crippen LogP contribution < -0.4 is 0 Å². The quantitative estimate of drug-likeness (QED) is 0.0653. The summed E-state index contributed by atoms with van der Waals surface area (Å²) in [6, 6.07) is 0. The summed E-state index contributed by atoms with van der Waals surface area (Å²) >= 11 is 0. The summed E-state index contributed by atoms with van der Waals surface area (Å²) in [6.07, 6.45) is 40.0. The van der Waals surface area contributed by atoms with Crippen LogP contribution in [0, 0.1) is 0 Å². The lowest BCUT2D eigenvalue weighted by Gasteiger charge is -2.15. The highest BCUT2D eigenvalue weighted by Crippen LogP contribution is 2.09. The number of aliphatic hydroxyl groups excluding tert-OH is 1. The first-order valence-electron chi connectivity index (χ1n) is 15.4. The van der Waals surface area contributed by atoms with Crippen LogP contribution in [-0.4, -0.2) is 37.0 Å². The first-order chi connectivity index (χ1) is 18.7. The highest BCUT2D eigenvalue weighted by Gasteiger charge is 2.13. The second-order valence-corrected chi connectivity index (χ2v) is 9.80. The Balaban J connectivity index is 3.49. The molecular weight excluding hydrogens is 472 g/mol. The van der Waals surface area contributed by atoms with Gasteiger partial charge in [-0.2, -0.15) is 0 Å². The fourth-order valence-corrected chi connectivity index (χ4v) is 3.82. The molecule has 0 rings (SSSR count). The molecule has 0 heterocycles. The van der Waals surface area contributed by atoms with Crippen LogP contribution in [0.2, 0.25) is 0 Å². The van der Waals surface area contributed by atoms with Crippen LogP contribution in [0.5, 0.6) is 0 Å². The zero-order chi connectivity index (χ0) is 27.8. The molecular formula is C34H58O4. The smallest absolute Gasteiger partial charge is 0.306 e. The first-order valence-corrected chi connectivity index (χ1v) is 15.4. The maximum absolute atomic E-state index is 11.8. The molecule has 0 fully saturated rings. The van der Waals surface area contributed by atoms with Gasteiger partial charge in [-0.25, -0.2) is 0 Å². The van der Waals surface area contributed by atoms with E-state index in [4.69, 9.17) is 9.47 Å². The lowest BCUT2D eigenvalue weighted by atomic mass is 10.1. The fourth-order valence-electron chi connectivity index (χ4n) is 3.82. The van der Waals surface area contributed by atoms with E-state index in [1.165, 1.54) is 25.7 Å². The minimum atomic E-state index is -0.537. The Hall–Kier alpha value is -1.91. The van der Waals surface area contributed by atoms with E-state index >= 15 is 0 Å². The van der Waals surface area contributed by atoms with Crippen LogP contribution in [0.4, 0.5) is 0 Å². The summed E-state index contributed by atoms with van der Waals surface area (Å²) in [7, 11) is 0. The second kappa shape index (κ2) is 31.3. The van der Waals surface area contributed by atoms with Gasteiger partial charge in [0.15, 0.2) is 0 Å². The lowest BCUT2D eigenvalue weighted by molar-refractivity contribution is -0.154. The van der Waals surface area contributed by atoms with E-state index in [-0.39, 0.29) is 19.2 Å². The third-order valence-electron chi connectivity index (χ3n) is 6.11. The molecule has 0 aromatic rings. The van der Waals surface area contributed by atoms with Crippen molar-refractivity contribution in [1.29, 1.82) is 0 Å². The van der Waals surface area contributed by atoms with Crippen molar-refractivity contribution in [2.75, 3.05) is 19.8 Å². The van der Waals surface area contributed by atoms with Crippen LogP contribution in [-0.2, 0) is 14.3 Å². The van der Waals surface area contributed by atoms with Gasteiger partial charge in [-0.3, -0.25) is 4.79 Å². The fraction of sp³-hybridized carbons (Fsp3) is 0.676. The Morgan fingerprint density at radius 3 is 1.76 bits per heavy atom. The molecule has 0 saturated heterocycles. The largest absolute Gasteiger partial charge is 0.457 e. The summed E-state index contributed by atoms with van der Waals surface area (Å²) in [5.74, 6) is -0.228. The van der Waals surface area contributed by atoms with Gasteiger partial charge in [0.1, 0.15) is 6.10 Å². The molecule has 38 heavy (non-hydrogen) atoms. The summed E-state index contributed by atoms with van der Waals surface area (Å²) in [4.78, 5) is 11.8. The Labute approximate surface area is 235 Å². The summed E-state index contributed by atoms with van der Waals surface area (Å²) in [6.45, 7) is 5.06. The van der Waals surface area contributed by atoms with Crippen LogP contribution >= 0.6 is 0 Å². The molecule has 1 unspecified atom stereocenters. The highest BCUT2D eigenvalue weighted by atomic mass is 16.6. The molecule has 0 aliphatic heterocycles. The van der Waals surface area contributed by atoms with Gasteiger partial charge in [0.25, 0.3) is 0 Å². The maximum atomic E-state index is 11.8. The predicted molar refractivity (Wildman–Crippen MR) is 163 cm³/mol. The maximum Gasteiger partial charge on any atom is 0.306 e. The molecule has 0 bridgehead atoms. The van der Waals surface area contributed by atoms with E-state index < -0.39 is 6.10 Å². The monoisotopic (exact) mass is 530 g/mol. The van der Waals surface area contributed by atoms with Gasteiger partial charge in [0.05, 0.1) is 13.2 Å². The molecule has 0 saturated carbocycles. The molecule has 0 amide bonds. The number of allylic oxidation sites excluding steroid dienone is 10. The Bertz CT molecular complexity index is 645. The summed E-state index contributed by atoms with van der Waals surface area (Å²) < 4.78 is 10.9. The number of carbonyl (C=O) groups excluding carboxylic acids is 1. The molecule has 1 atom stereocenters. The van der Waals surface area contributed by atoms with E-state index in [0.29, 0.717) is 13.0 Å². The van der Waals surface area contributed by atoms with E-state index in [1.54, 1.807) is 0 Å². The summed E-state index contributed by atoms with van der Waals surface area (Å²) in [5.41, 5.74) is 0. The van der Waals surface area contributed by atoms with Crippen LogP contribution in [0.3, 0.4) is 0 Å². The molecule has 0 aromatic carbocycles. The van der Waals surface area contributed by atoms with E-state index in [1.807, 2.05) is 0 Å². The van der Waals surface area contributed by atoms with Crippen molar-refractivity contribution in [3.63, 3.8) is 0 Å². The molecule has 0 spiro atoms. The number of carbonyl (C=O) groups is 1. The van der Waals surface area contributed by atoms with Gasteiger partial charge in [-0.1, -0.05) is 120 Å². The average Bonchev–Trinajstić information content (AvgIpc) is 2.92. The van der Waals surface area contributed by atoms with Gasteiger partial charge in [-0.05, 0) is 57.8 Å². The Morgan fingerprint density at radius 2 is 1.18 bits per heavy atom. The second-order valence-electron chi connectivity index (χ2n) is 9.80. The molecule has 0 aromatic heterocycles. The average molecular weight is 531 g/mol. The number of rotatable bonds is 27. The normalized spacial score (nSPS) is 13.2. The van der Waals surface area contributed by atoms with Gasteiger partial charge in [0.2, 0.25) is 0 Å². The van der Waals surface area contributed by atoms with E-state index in [0.717, 1.165) is 77.0 Å². The number of hydrogen-bond donors (Lipinski definition) is 1. The Morgan fingerprint density at radius 1 is 0.658 bits per heavy atom. The number of aliphatic hydroxyl groups is 1. The van der Waals surface area contributed by atoms with Gasteiger partial charge >= 0.3 is 5.97 Å². The third-order valence-corrected chi connectivity index (χ3v) is 6.11.